The van der Waals surface area contributed by atoms with Crippen molar-refractivity contribution < 1.29 is 4.39 Å². The van der Waals surface area contributed by atoms with Crippen molar-refractivity contribution in [3.05, 3.63) is 71.5 Å². The molecule has 2 aromatic carbocycles. The van der Waals surface area contributed by atoms with Crippen LogP contribution in [0, 0.1) is 5.82 Å². The largest absolute Gasteiger partial charge is 0.323 e. The first kappa shape index (κ1) is 12.8. The SMILES string of the molecule is CC(C)(c1ccc(F)cc1)C(N)c1ccccc1. The van der Waals surface area contributed by atoms with Crippen LogP contribution in [-0.2, 0) is 5.41 Å². The van der Waals surface area contributed by atoms with Crippen molar-refractivity contribution in [1.82, 2.24) is 0 Å². The number of rotatable bonds is 3. The minimum absolute atomic E-state index is 0.121. The molecule has 2 rings (SSSR count). The van der Waals surface area contributed by atoms with Crippen molar-refractivity contribution in [2.75, 3.05) is 0 Å². The average Bonchev–Trinajstić information content (AvgIpc) is 2.39. The molecular formula is C16H18FN. The standard InChI is InChI=1S/C16H18FN/c1-16(2,13-8-10-14(17)11-9-13)15(18)12-6-4-3-5-7-12/h3-11,15H,18H2,1-2H3. The lowest BCUT2D eigenvalue weighted by Crippen LogP contribution is -2.33. The molecule has 0 aromatic heterocycles. The summed E-state index contributed by atoms with van der Waals surface area (Å²) in [6.07, 6.45) is 0. The van der Waals surface area contributed by atoms with Gasteiger partial charge in [-0.05, 0) is 23.3 Å². The van der Waals surface area contributed by atoms with Crippen LogP contribution in [0.3, 0.4) is 0 Å². The molecule has 1 unspecified atom stereocenters. The van der Waals surface area contributed by atoms with Gasteiger partial charge in [0.2, 0.25) is 0 Å². The summed E-state index contributed by atoms with van der Waals surface area (Å²) in [5.41, 5.74) is 8.24. The van der Waals surface area contributed by atoms with Gasteiger partial charge in [-0.15, -0.1) is 0 Å². The maximum Gasteiger partial charge on any atom is 0.123 e. The quantitative estimate of drug-likeness (QED) is 0.871. The van der Waals surface area contributed by atoms with E-state index in [1.807, 2.05) is 30.3 Å². The Bertz CT molecular complexity index is 502. The maximum atomic E-state index is 13.0. The lowest BCUT2D eigenvalue weighted by molar-refractivity contribution is 0.420. The van der Waals surface area contributed by atoms with Crippen molar-refractivity contribution in [1.29, 1.82) is 0 Å². The molecule has 2 heteroatoms. The van der Waals surface area contributed by atoms with Crippen molar-refractivity contribution >= 4 is 0 Å². The highest BCUT2D eigenvalue weighted by Gasteiger charge is 2.29. The predicted octanol–water partition coefficient (Wildman–Crippen LogP) is 3.80. The minimum Gasteiger partial charge on any atom is -0.323 e. The molecule has 0 heterocycles. The molecule has 0 saturated heterocycles. The summed E-state index contributed by atoms with van der Waals surface area (Å²) in [6.45, 7) is 4.16. The Balaban J connectivity index is 2.33. The highest BCUT2D eigenvalue weighted by Crippen LogP contribution is 2.34. The van der Waals surface area contributed by atoms with E-state index >= 15 is 0 Å². The molecule has 0 bridgehead atoms. The molecule has 1 atom stereocenters. The molecule has 0 aliphatic carbocycles. The van der Waals surface area contributed by atoms with Gasteiger partial charge in [0.15, 0.2) is 0 Å². The van der Waals surface area contributed by atoms with E-state index in [-0.39, 0.29) is 17.3 Å². The van der Waals surface area contributed by atoms with Crippen LogP contribution in [0.25, 0.3) is 0 Å². The lowest BCUT2D eigenvalue weighted by atomic mass is 9.75. The fraction of sp³-hybridized carbons (Fsp3) is 0.250. The van der Waals surface area contributed by atoms with Crippen LogP contribution in [0.2, 0.25) is 0 Å². The van der Waals surface area contributed by atoms with Crippen LogP contribution in [-0.4, -0.2) is 0 Å². The third-order valence-corrected chi connectivity index (χ3v) is 3.52. The van der Waals surface area contributed by atoms with Crippen molar-refractivity contribution in [2.45, 2.75) is 25.3 Å². The second-order valence-corrected chi connectivity index (χ2v) is 5.12. The topological polar surface area (TPSA) is 26.0 Å². The molecule has 0 aliphatic rings. The molecule has 2 N–H and O–H groups in total. The van der Waals surface area contributed by atoms with Gasteiger partial charge in [0.05, 0.1) is 0 Å². The summed E-state index contributed by atoms with van der Waals surface area (Å²) < 4.78 is 13.0. The summed E-state index contributed by atoms with van der Waals surface area (Å²) in [6, 6.07) is 16.4. The Morgan fingerprint density at radius 2 is 1.50 bits per heavy atom. The highest BCUT2D eigenvalue weighted by atomic mass is 19.1. The Morgan fingerprint density at radius 1 is 0.944 bits per heavy atom. The molecule has 2 aromatic rings. The molecule has 0 saturated carbocycles. The zero-order valence-corrected chi connectivity index (χ0v) is 10.7. The van der Waals surface area contributed by atoms with Crippen LogP contribution >= 0.6 is 0 Å². The van der Waals surface area contributed by atoms with Crippen LogP contribution in [0.15, 0.2) is 54.6 Å². The molecule has 0 amide bonds. The molecule has 0 aliphatic heterocycles. The first-order valence-electron chi connectivity index (χ1n) is 6.08. The number of hydrogen-bond donors (Lipinski definition) is 1. The van der Waals surface area contributed by atoms with E-state index in [9.17, 15) is 4.39 Å². The monoisotopic (exact) mass is 243 g/mol. The number of nitrogens with two attached hydrogens (primary N) is 1. The molecule has 0 radical (unpaired) electrons. The molecule has 1 nitrogen and oxygen atoms in total. The van der Waals surface area contributed by atoms with E-state index in [1.54, 1.807) is 12.1 Å². The third kappa shape index (κ3) is 2.44. The first-order valence-corrected chi connectivity index (χ1v) is 6.08. The summed E-state index contributed by atoms with van der Waals surface area (Å²) in [4.78, 5) is 0. The van der Waals surface area contributed by atoms with E-state index in [1.165, 1.54) is 12.1 Å². The Kier molecular flexibility index (Phi) is 3.48. The number of halogens is 1. The first-order chi connectivity index (χ1) is 8.51. The molecular weight excluding hydrogens is 225 g/mol. The van der Waals surface area contributed by atoms with Gasteiger partial charge in [-0.2, -0.15) is 0 Å². The summed E-state index contributed by atoms with van der Waals surface area (Å²) in [5, 5.41) is 0. The van der Waals surface area contributed by atoms with Gasteiger partial charge < -0.3 is 5.73 Å². The van der Waals surface area contributed by atoms with Gasteiger partial charge in [-0.1, -0.05) is 56.3 Å². The van der Waals surface area contributed by atoms with Crippen molar-refractivity contribution in [3.63, 3.8) is 0 Å². The van der Waals surface area contributed by atoms with Gasteiger partial charge in [-0.25, -0.2) is 4.39 Å². The van der Waals surface area contributed by atoms with E-state index in [0.29, 0.717) is 0 Å². The fourth-order valence-corrected chi connectivity index (χ4v) is 2.14. The Morgan fingerprint density at radius 3 is 2.06 bits per heavy atom. The second kappa shape index (κ2) is 4.91. The Labute approximate surface area is 107 Å². The van der Waals surface area contributed by atoms with E-state index in [4.69, 9.17) is 5.73 Å². The summed E-state index contributed by atoms with van der Waals surface area (Å²) in [7, 11) is 0. The second-order valence-electron chi connectivity index (χ2n) is 5.12. The third-order valence-electron chi connectivity index (χ3n) is 3.52. The predicted molar refractivity (Wildman–Crippen MR) is 72.8 cm³/mol. The molecule has 0 fully saturated rings. The Hall–Kier alpha value is -1.67. The molecule has 94 valence electrons. The van der Waals surface area contributed by atoms with Gasteiger partial charge in [0, 0.05) is 11.5 Å². The van der Waals surface area contributed by atoms with Gasteiger partial charge in [-0.3, -0.25) is 0 Å². The minimum atomic E-state index is -0.241. The highest BCUT2D eigenvalue weighted by molar-refractivity contribution is 5.31. The zero-order valence-electron chi connectivity index (χ0n) is 10.7. The average molecular weight is 243 g/mol. The van der Waals surface area contributed by atoms with Gasteiger partial charge in [0.1, 0.15) is 5.82 Å². The van der Waals surface area contributed by atoms with Crippen molar-refractivity contribution in [3.8, 4) is 0 Å². The molecule has 0 spiro atoms. The van der Waals surface area contributed by atoms with Crippen molar-refractivity contribution in [2.24, 2.45) is 5.73 Å². The summed E-state index contributed by atoms with van der Waals surface area (Å²) >= 11 is 0. The fourth-order valence-electron chi connectivity index (χ4n) is 2.14. The number of benzene rings is 2. The van der Waals surface area contributed by atoms with Crippen LogP contribution in [0.4, 0.5) is 4.39 Å². The smallest absolute Gasteiger partial charge is 0.123 e. The number of hydrogen-bond acceptors (Lipinski definition) is 1. The molecule has 18 heavy (non-hydrogen) atoms. The zero-order chi connectivity index (χ0) is 13.2. The van der Waals surface area contributed by atoms with Crippen LogP contribution in [0.5, 0.6) is 0 Å². The van der Waals surface area contributed by atoms with Crippen LogP contribution in [0.1, 0.15) is 31.0 Å². The van der Waals surface area contributed by atoms with Gasteiger partial charge >= 0.3 is 0 Å². The van der Waals surface area contributed by atoms with E-state index in [2.05, 4.69) is 13.8 Å². The maximum absolute atomic E-state index is 13.0. The summed E-state index contributed by atoms with van der Waals surface area (Å²) in [5.74, 6) is -0.220. The van der Waals surface area contributed by atoms with Gasteiger partial charge in [0.25, 0.3) is 0 Å². The lowest BCUT2D eigenvalue weighted by Gasteiger charge is -2.32. The normalized spacial score (nSPS) is 13.3. The van der Waals surface area contributed by atoms with E-state index < -0.39 is 0 Å². The van der Waals surface area contributed by atoms with Crippen LogP contribution < -0.4 is 5.73 Å². The van der Waals surface area contributed by atoms with E-state index in [0.717, 1.165) is 11.1 Å².